The lowest BCUT2D eigenvalue weighted by atomic mass is 10.2. The van der Waals surface area contributed by atoms with E-state index in [1.807, 2.05) is 0 Å². The van der Waals surface area contributed by atoms with Gasteiger partial charge in [0.15, 0.2) is 0 Å². The molecule has 0 saturated carbocycles. The molecule has 5 nitrogen and oxygen atoms in total. The summed E-state index contributed by atoms with van der Waals surface area (Å²) in [4.78, 5) is 3.23. The van der Waals surface area contributed by atoms with E-state index in [0.717, 1.165) is 28.6 Å². The second-order valence-corrected chi connectivity index (χ2v) is 7.90. The van der Waals surface area contributed by atoms with Gasteiger partial charge in [-0.15, -0.1) is 0 Å². The Morgan fingerprint density at radius 1 is 0.893 bits per heavy atom. The zero-order valence-corrected chi connectivity index (χ0v) is 14.6. The summed E-state index contributed by atoms with van der Waals surface area (Å²) in [5, 5.41) is 0. The average Bonchev–Trinajstić information content (AvgIpc) is 2.56. The topological polar surface area (TPSA) is 59.5 Å². The first-order valence-corrected chi connectivity index (χ1v) is 9.19. The number of benzene rings is 1. The summed E-state index contributed by atoms with van der Waals surface area (Å²) in [6, 6.07) is 4.89. The van der Waals surface area contributed by atoms with Crippen LogP contribution < -0.4 is 4.74 Å². The van der Waals surface area contributed by atoms with Crippen LogP contribution in [0, 0.1) is 0 Å². The average molecular weight is 426 g/mol. The molecular weight excluding hydrogens is 414 g/mol. The van der Waals surface area contributed by atoms with Gasteiger partial charge < -0.3 is 4.74 Å². The van der Waals surface area contributed by atoms with Crippen molar-refractivity contribution in [1.82, 2.24) is 9.29 Å². The smallest absolute Gasteiger partial charge is 0.417 e. The lowest BCUT2D eigenvalue weighted by Gasteiger charge is -2.37. The third-order valence-electron chi connectivity index (χ3n) is 3.99. The molecule has 2 aromatic rings. The Kier molecular flexibility index (Phi) is 5.04. The third kappa shape index (κ3) is 4.22. The van der Waals surface area contributed by atoms with Crippen molar-refractivity contribution >= 4 is 10.0 Å². The van der Waals surface area contributed by atoms with E-state index in [1.54, 1.807) is 0 Å². The zero-order valence-electron chi connectivity index (χ0n) is 13.8. The Hall–Kier alpha value is -2.34. The molecule has 0 N–H and O–H groups in total. The van der Waals surface area contributed by atoms with Crippen LogP contribution >= 0.6 is 0 Å². The van der Waals surface area contributed by atoms with Crippen LogP contribution in [0.2, 0.25) is 0 Å². The highest BCUT2D eigenvalue weighted by atomic mass is 32.2. The van der Waals surface area contributed by atoms with Gasteiger partial charge in [-0.05, 0) is 30.3 Å². The fourth-order valence-corrected chi connectivity index (χ4v) is 3.93. The number of pyridine rings is 1. The van der Waals surface area contributed by atoms with Gasteiger partial charge >= 0.3 is 12.4 Å². The van der Waals surface area contributed by atoms with Gasteiger partial charge in [0.1, 0.15) is 6.10 Å². The lowest BCUT2D eigenvalue weighted by Crippen LogP contribution is -2.56. The fourth-order valence-electron chi connectivity index (χ4n) is 2.42. The van der Waals surface area contributed by atoms with Crippen LogP contribution in [-0.2, 0) is 22.4 Å². The number of halogens is 6. The monoisotopic (exact) mass is 426 g/mol. The van der Waals surface area contributed by atoms with E-state index in [4.69, 9.17) is 4.74 Å². The van der Waals surface area contributed by atoms with E-state index >= 15 is 0 Å². The van der Waals surface area contributed by atoms with Crippen molar-refractivity contribution in [2.45, 2.75) is 23.4 Å². The third-order valence-corrected chi connectivity index (χ3v) is 5.83. The molecule has 1 aromatic carbocycles. The van der Waals surface area contributed by atoms with E-state index in [9.17, 15) is 34.8 Å². The SMILES string of the molecule is O=S(=O)(c1ccc(C(F)(F)F)cc1)N1CC(Oc2ccc(C(F)(F)F)cn2)C1. The maximum absolute atomic E-state index is 12.6. The molecule has 0 spiro atoms. The van der Waals surface area contributed by atoms with Crippen molar-refractivity contribution in [2.75, 3.05) is 13.1 Å². The predicted octanol–water partition coefficient (Wildman–Crippen LogP) is 3.57. The normalized spacial score (nSPS) is 16.6. The Morgan fingerprint density at radius 2 is 1.43 bits per heavy atom. The van der Waals surface area contributed by atoms with Crippen molar-refractivity contribution in [2.24, 2.45) is 0 Å². The van der Waals surface area contributed by atoms with Crippen molar-refractivity contribution in [3.05, 3.63) is 53.7 Å². The van der Waals surface area contributed by atoms with E-state index < -0.39 is 39.6 Å². The molecule has 0 radical (unpaired) electrons. The molecule has 0 amide bonds. The standard InChI is InChI=1S/C16H12F6N2O3S/c17-15(18,19)10-1-4-13(5-2-10)28(25,26)24-8-12(9-24)27-14-6-3-11(7-23-14)16(20,21)22/h1-7,12H,8-9H2. The predicted molar refractivity (Wildman–Crippen MR) is 83.9 cm³/mol. The number of sulfonamides is 1. The second-order valence-electron chi connectivity index (χ2n) is 5.97. The molecule has 0 bridgehead atoms. The fraction of sp³-hybridized carbons (Fsp3) is 0.312. The van der Waals surface area contributed by atoms with E-state index in [1.165, 1.54) is 0 Å². The molecule has 0 atom stereocenters. The van der Waals surface area contributed by atoms with Crippen molar-refractivity contribution < 1.29 is 39.5 Å². The zero-order chi connectivity index (χ0) is 20.7. The number of aromatic nitrogens is 1. The first kappa shape index (κ1) is 20.4. The van der Waals surface area contributed by atoms with Gasteiger partial charge in [-0.2, -0.15) is 30.6 Å². The van der Waals surface area contributed by atoms with E-state index in [2.05, 4.69) is 4.98 Å². The van der Waals surface area contributed by atoms with Crippen LogP contribution in [0.4, 0.5) is 26.3 Å². The summed E-state index contributed by atoms with van der Waals surface area (Å²) in [5.41, 5.74) is -1.91. The molecule has 0 aliphatic carbocycles. The van der Waals surface area contributed by atoms with Crippen molar-refractivity contribution in [3.63, 3.8) is 0 Å². The molecular formula is C16H12F6N2O3S. The van der Waals surface area contributed by atoms with Gasteiger partial charge in [-0.25, -0.2) is 13.4 Å². The minimum Gasteiger partial charge on any atom is -0.472 e. The van der Waals surface area contributed by atoms with Gasteiger partial charge in [0.2, 0.25) is 15.9 Å². The van der Waals surface area contributed by atoms with Crippen LogP contribution in [0.1, 0.15) is 11.1 Å². The summed E-state index contributed by atoms with van der Waals surface area (Å²) < 4.78 is 106. The van der Waals surface area contributed by atoms with E-state index in [0.29, 0.717) is 18.3 Å². The van der Waals surface area contributed by atoms with Crippen LogP contribution in [0.25, 0.3) is 0 Å². The Bertz CT molecular complexity index is 934. The highest BCUT2D eigenvalue weighted by Crippen LogP contribution is 2.32. The molecule has 1 fully saturated rings. The first-order chi connectivity index (χ1) is 12.9. The summed E-state index contributed by atoms with van der Waals surface area (Å²) in [7, 11) is -4.00. The van der Waals surface area contributed by atoms with Crippen LogP contribution in [0.3, 0.4) is 0 Å². The Morgan fingerprint density at radius 3 is 1.89 bits per heavy atom. The van der Waals surface area contributed by atoms with Gasteiger partial charge in [0.05, 0.1) is 29.1 Å². The maximum atomic E-state index is 12.6. The maximum Gasteiger partial charge on any atom is 0.417 e. The van der Waals surface area contributed by atoms with Crippen molar-refractivity contribution in [3.8, 4) is 5.88 Å². The van der Waals surface area contributed by atoms with Crippen LogP contribution in [-0.4, -0.2) is 36.9 Å². The molecule has 1 saturated heterocycles. The molecule has 3 rings (SSSR count). The molecule has 0 unspecified atom stereocenters. The molecule has 2 heterocycles. The summed E-state index contributed by atoms with van der Waals surface area (Å²) in [6.45, 7) is -0.210. The highest BCUT2D eigenvalue weighted by molar-refractivity contribution is 7.89. The first-order valence-electron chi connectivity index (χ1n) is 7.75. The molecule has 1 aliphatic heterocycles. The molecule has 152 valence electrons. The molecule has 1 aromatic heterocycles. The molecule has 28 heavy (non-hydrogen) atoms. The van der Waals surface area contributed by atoms with Gasteiger partial charge in [0, 0.05) is 12.3 Å². The van der Waals surface area contributed by atoms with Gasteiger partial charge in [0.25, 0.3) is 0 Å². The Balaban J connectivity index is 1.61. The quantitative estimate of drug-likeness (QED) is 0.702. The summed E-state index contributed by atoms with van der Waals surface area (Å²) in [5.74, 6) is -0.0930. The number of rotatable bonds is 4. The Labute approximate surface area is 155 Å². The van der Waals surface area contributed by atoms with E-state index in [-0.39, 0.29) is 23.9 Å². The minimum atomic E-state index is -4.58. The largest absolute Gasteiger partial charge is 0.472 e. The van der Waals surface area contributed by atoms with Gasteiger partial charge in [-0.3, -0.25) is 0 Å². The molecule has 12 heteroatoms. The summed E-state index contributed by atoms with van der Waals surface area (Å²) in [6.07, 6.45) is -9.14. The van der Waals surface area contributed by atoms with Gasteiger partial charge in [-0.1, -0.05) is 0 Å². The number of nitrogens with zero attached hydrogens (tertiary/aromatic N) is 2. The molecule has 1 aliphatic rings. The number of alkyl halides is 6. The lowest BCUT2D eigenvalue weighted by molar-refractivity contribution is -0.138. The van der Waals surface area contributed by atoms with Crippen molar-refractivity contribution in [1.29, 1.82) is 0 Å². The number of hydrogen-bond donors (Lipinski definition) is 0. The number of hydrogen-bond acceptors (Lipinski definition) is 4. The second kappa shape index (κ2) is 6.92. The van der Waals surface area contributed by atoms with Crippen LogP contribution in [0.5, 0.6) is 5.88 Å². The summed E-state index contributed by atoms with van der Waals surface area (Å²) >= 11 is 0. The van der Waals surface area contributed by atoms with Crippen LogP contribution in [0.15, 0.2) is 47.5 Å². The number of ether oxygens (including phenoxy) is 1. The highest BCUT2D eigenvalue weighted by Gasteiger charge is 2.39. The minimum absolute atomic E-state index is 0.0930.